The fourth-order valence-electron chi connectivity index (χ4n) is 3.39. The summed E-state index contributed by atoms with van der Waals surface area (Å²) >= 11 is 0. The van der Waals surface area contributed by atoms with Gasteiger partial charge in [-0.05, 0) is 45.7 Å². The van der Waals surface area contributed by atoms with E-state index in [1.807, 2.05) is 7.05 Å². The van der Waals surface area contributed by atoms with Gasteiger partial charge in [0, 0.05) is 24.9 Å². The standard InChI is InChI=1S/C16H31N3O4/c1-18-6-2-3-15(21)19-12-7-11(17)8-14(9-12)23-16-5-4-13(10-20)22-16/h11-14,16,18,20H,2-10,17H2,1H3,(H,19,21). The Hall–Kier alpha value is -0.730. The first-order valence-corrected chi connectivity index (χ1v) is 8.72. The maximum Gasteiger partial charge on any atom is 0.220 e. The number of aliphatic hydroxyl groups is 1. The molecular weight excluding hydrogens is 298 g/mol. The molecule has 1 saturated carbocycles. The second kappa shape index (κ2) is 9.54. The van der Waals surface area contributed by atoms with Gasteiger partial charge in [0.05, 0.1) is 18.8 Å². The Labute approximate surface area is 138 Å². The molecule has 0 radical (unpaired) electrons. The summed E-state index contributed by atoms with van der Waals surface area (Å²) in [6, 6.07) is 0.104. The van der Waals surface area contributed by atoms with E-state index in [0.29, 0.717) is 6.42 Å². The van der Waals surface area contributed by atoms with Crippen LogP contribution >= 0.6 is 0 Å². The molecule has 0 spiro atoms. The smallest absolute Gasteiger partial charge is 0.220 e. The third kappa shape index (κ3) is 6.35. The van der Waals surface area contributed by atoms with Crippen molar-refractivity contribution < 1.29 is 19.4 Å². The number of rotatable bonds is 8. The SMILES string of the molecule is CNCCCC(=O)NC1CC(N)CC(OC2CCC(CO)O2)C1. The highest BCUT2D eigenvalue weighted by Crippen LogP contribution is 2.27. The van der Waals surface area contributed by atoms with E-state index >= 15 is 0 Å². The van der Waals surface area contributed by atoms with E-state index < -0.39 is 0 Å². The molecule has 1 heterocycles. The van der Waals surface area contributed by atoms with E-state index in [4.69, 9.17) is 20.3 Å². The van der Waals surface area contributed by atoms with Gasteiger partial charge in [-0.3, -0.25) is 4.79 Å². The second-order valence-electron chi connectivity index (χ2n) is 6.64. The van der Waals surface area contributed by atoms with Crippen molar-refractivity contribution in [3.8, 4) is 0 Å². The van der Waals surface area contributed by atoms with Gasteiger partial charge in [0.2, 0.25) is 5.91 Å². The Morgan fingerprint density at radius 3 is 2.87 bits per heavy atom. The molecule has 2 rings (SSSR count). The molecule has 1 saturated heterocycles. The summed E-state index contributed by atoms with van der Waals surface area (Å²) in [5.41, 5.74) is 6.12. The molecule has 2 fully saturated rings. The zero-order valence-electron chi connectivity index (χ0n) is 14.0. The Kier molecular flexibility index (Phi) is 7.72. The number of aliphatic hydroxyl groups excluding tert-OH is 1. The van der Waals surface area contributed by atoms with Crippen LogP contribution in [0.3, 0.4) is 0 Å². The van der Waals surface area contributed by atoms with Gasteiger partial charge in [0.25, 0.3) is 0 Å². The number of hydrogen-bond acceptors (Lipinski definition) is 6. The fraction of sp³-hybridized carbons (Fsp3) is 0.938. The predicted octanol–water partition coefficient (Wildman–Crippen LogP) is -0.135. The fourth-order valence-corrected chi connectivity index (χ4v) is 3.39. The molecule has 134 valence electrons. The predicted molar refractivity (Wildman–Crippen MR) is 86.8 cm³/mol. The Morgan fingerprint density at radius 2 is 2.17 bits per heavy atom. The first-order valence-electron chi connectivity index (χ1n) is 8.72. The monoisotopic (exact) mass is 329 g/mol. The lowest BCUT2D eigenvalue weighted by Crippen LogP contribution is -2.48. The van der Waals surface area contributed by atoms with Gasteiger partial charge in [0.1, 0.15) is 0 Å². The van der Waals surface area contributed by atoms with Crippen LogP contribution in [0.1, 0.15) is 44.9 Å². The number of carbonyl (C=O) groups is 1. The molecule has 23 heavy (non-hydrogen) atoms. The van der Waals surface area contributed by atoms with E-state index in [0.717, 1.165) is 45.1 Å². The minimum absolute atomic E-state index is 0.00352. The number of hydrogen-bond donors (Lipinski definition) is 4. The molecule has 1 aliphatic carbocycles. The summed E-state index contributed by atoms with van der Waals surface area (Å²) in [6.45, 7) is 0.879. The summed E-state index contributed by atoms with van der Waals surface area (Å²) < 4.78 is 11.6. The summed E-state index contributed by atoms with van der Waals surface area (Å²) in [4.78, 5) is 12.0. The summed E-state index contributed by atoms with van der Waals surface area (Å²) in [7, 11) is 1.88. The maximum atomic E-state index is 12.0. The highest BCUT2D eigenvalue weighted by molar-refractivity contribution is 5.76. The lowest BCUT2D eigenvalue weighted by atomic mass is 9.89. The van der Waals surface area contributed by atoms with E-state index in [-0.39, 0.29) is 43.1 Å². The van der Waals surface area contributed by atoms with Gasteiger partial charge in [-0.2, -0.15) is 0 Å². The average Bonchev–Trinajstić information content (AvgIpc) is 2.94. The summed E-state index contributed by atoms with van der Waals surface area (Å²) in [5.74, 6) is 0.0792. The molecule has 5 N–H and O–H groups in total. The van der Waals surface area contributed by atoms with Crippen LogP contribution < -0.4 is 16.4 Å². The molecule has 0 aromatic rings. The second-order valence-corrected chi connectivity index (χ2v) is 6.64. The van der Waals surface area contributed by atoms with Crippen molar-refractivity contribution in [3.05, 3.63) is 0 Å². The van der Waals surface area contributed by atoms with Crippen LogP contribution in [0.5, 0.6) is 0 Å². The Bertz CT molecular complexity index is 369. The van der Waals surface area contributed by atoms with Crippen LogP contribution in [-0.4, -0.2) is 61.8 Å². The van der Waals surface area contributed by atoms with Crippen molar-refractivity contribution in [2.24, 2.45) is 5.73 Å². The lowest BCUT2D eigenvalue weighted by molar-refractivity contribution is -0.175. The van der Waals surface area contributed by atoms with Crippen LogP contribution in [0.25, 0.3) is 0 Å². The first-order chi connectivity index (χ1) is 11.1. The molecule has 0 aromatic carbocycles. The van der Waals surface area contributed by atoms with Gasteiger partial charge in [-0.15, -0.1) is 0 Å². The third-order valence-electron chi connectivity index (χ3n) is 4.51. The van der Waals surface area contributed by atoms with Crippen LogP contribution in [0, 0.1) is 0 Å². The van der Waals surface area contributed by atoms with Crippen LogP contribution in [-0.2, 0) is 14.3 Å². The van der Waals surface area contributed by atoms with Crippen molar-refractivity contribution in [2.75, 3.05) is 20.2 Å². The molecule has 1 amide bonds. The third-order valence-corrected chi connectivity index (χ3v) is 4.51. The van der Waals surface area contributed by atoms with Gasteiger partial charge >= 0.3 is 0 Å². The quantitative estimate of drug-likeness (QED) is 0.462. The maximum absolute atomic E-state index is 12.0. The molecule has 2 aliphatic rings. The molecule has 7 heteroatoms. The zero-order chi connectivity index (χ0) is 16.7. The number of carbonyl (C=O) groups excluding carboxylic acids is 1. The van der Waals surface area contributed by atoms with Crippen molar-refractivity contribution in [2.45, 2.75) is 75.5 Å². The largest absolute Gasteiger partial charge is 0.394 e. The van der Waals surface area contributed by atoms with Crippen molar-refractivity contribution >= 4 is 5.91 Å². The average molecular weight is 329 g/mol. The van der Waals surface area contributed by atoms with Crippen LogP contribution in [0.15, 0.2) is 0 Å². The van der Waals surface area contributed by atoms with Gasteiger partial charge in [-0.25, -0.2) is 0 Å². The molecule has 5 unspecified atom stereocenters. The lowest BCUT2D eigenvalue weighted by Gasteiger charge is -2.34. The van der Waals surface area contributed by atoms with Crippen molar-refractivity contribution in [3.63, 3.8) is 0 Å². The van der Waals surface area contributed by atoms with Gasteiger partial charge in [0.15, 0.2) is 6.29 Å². The Morgan fingerprint density at radius 1 is 1.35 bits per heavy atom. The van der Waals surface area contributed by atoms with Gasteiger partial charge < -0.3 is 30.9 Å². The van der Waals surface area contributed by atoms with Gasteiger partial charge in [-0.1, -0.05) is 0 Å². The highest BCUT2D eigenvalue weighted by atomic mass is 16.7. The zero-order valence-corrected chi connectivity index (χ0v) is 14.0. The van der Waals surface area contributed by atoms with E-state index in [1.54, 1.807) is 0 Å². The summed E-state index contributed by atoms with van der Waals surface area (Å²) in [6.07, 6.45) is 4.98. The molecule has 7 nitrogen and oxygen atoms in total. The number of nitrogens with two attached hydrogens (primary N) is 1. The number of nitrogens with one attached hydrogen (secondary N) is 2. The topological polar surface area (TPSA) is 106 Å². The van der Waals surface area contributed by atoms with Crippen molar-refractivity contribution in [1.29, 1.82) is 0 Å². The minimum atomic E-state index is -0.255. The highest BCUT2D eigenvalue weighted by Gasteiger charge is 2.33. The molecule has 0 aromatic heterocycles. The first kappa shape index (κ1) is 18.6. The van der Waals surface area contributed by atoms with Crippen LogP contribution in [0.4, 0.5) is 0 Å². The van der Waals surface area contributed by atoms with Crippen LogP contribution in [0.2, 0.25) is 0 Å². The Balaban J connectivity index is 1.74. The minimum Gasteiger partial charge on any atom is -0.394 e. The number of ether oxygens (including phenoxy) is 2. The normalized spacial score (nSPS) is 34.5. The molecular formula is C16H31N3O4. The molecule has 0 bridgehead atoms. The summed E-state index contributed by atoms with van der Waals surface area (Å²) in [5, 5.41) is 15.2. The number of amides is 1. The van der Waals surface area contributed by atoms with Crippen molar-refractivity contribution in [1.82, 2.24) is 10.6 Å². The van der Waals surface area contributed by atoms with E-state index in [1.165, 1.54) is 0 Å². The van der Waals surface area contributed by atoms with E-state index in [9.17, 15) is 4.79 Å². The molecule has 5 atom stereocenters. The van der Waals surface area contributed by atoms with E-state index in [2.05, 4.69) is 10.6 Å². The molecule has 1 aliphatic heterocycles.